The summed E-state index contributed by atoms with van der Waals surface area (Å²) in [6.07, 6.45) is 1.02. The Balaban J connectivity index is 1.71. The molecule has 1 saturated heterocycles. The summed E-state index contributed by atoms with van der Waals surface area (Å²) in [6, 6.07) is 9.12. The lowest BCUT2D eigenvalue weighted by molar-refractivity contribution is -0.121. The zero-order valence-electron chi connectivity index (χ0n) is 16.3. The molecular formula is C21H20F3N3O4. The summed E-state index contributed by atoms with van der Waals surface area (Å²) in [6.45, 7) is -2.65. The van der Waals surface area contributed by atoms with Crippen molar-refractivity contribution in [2.24, 2.45) is 11.7 Å². The second kappa shape index (κ2) is 9.50. The SMILES string of the molecule is NC(=O)c1cc(NC(=O)C2CCCN(C(=O)c3ccccc3OC(F)F)C2)ccc1F. The van der Waals surface area contributed by atoms with E-state index in [4.69, 9.17) is 5.73 Å². The number of primary amides is 1. The lowest BCUT2D eigenvalue weighted by atomic mass is 9.96. The zero-order chi connectivity index (χ0) is 22.5. The molecule has 7 nitrogen and oxygen atoms in total. The predicted molar refractivity (Wildman–Crippen MR) is 105 cm³/mol. The first-order valence-corrected chi connectivity index (χ1v) is 9.49. The number of para-hydroxylation sites is 1. The molecule has 1 unspecified atom stereocenters. The standard InChI is InChI=1S/C21H20F3N3O4/c22-16-8-7-13(10-15(16)18(25)28)26-19(29)12-4-3-9-27(11-12)20(30)14-5-1-2-6-17(14)31-21(23)24/h1-2,5-8,10,12,21H,3-4,9,11H2,(H2,25,28)(H,26,29). The maximum atomic E-state index is 13.6. The maximum Gasteiger partial charge on any atom is 0.387 e. The Bertz CT molecular complexity index is 1000. The van der Waals surface area contributed by atoms with Gasteiger partial charge in [0.2, 0.25) is 5.91 Å². The second-order valence-corrected chi connectivity index (χ2v) is 7.01. The van der Waals surface area contributed by atoms with Crippen molar-refractivity contribution in [3.8, 4) is 5.75 Å². The van der Waals surface area contributed by atoms with Crippen LogP contribution in [0.15, 0.2) is 42.5 Å². The van der Waals surface area contributed by atoms with Gasteiger partial charge in [0.1, 0.15) is 11.6 Å². The van der Waals surface area contributed by atoms with Crippen LogP contribution in [0.1, 0.15) is 33.6 Å². The van der Waals surface area contributed by atoms with Crippen molar-refractivity contribution in [3.05, 3.63) is 59.4 Å². The Hall–Kier alpha value is -3.56. The van der Waals surface area contributed by atoms with E-state index in [-0.39, 0.29) is 29.1 Å². The van der Waals surface area contributed by atoms with Crippen LogP contribution < -0.4 is 15.8 Å². The molecule has 1 aliphatic heterocycles. The van der Waals surface area contributed by atoms with Gasteiger partial charge in [-0.3, -0.25) is 14.4 Å². The van der Waals surface area contributed by atoms with Crippen molar-refractivity contribution in [3.63, 3.8) is 0 Å². The van der Waals surface area contributed by atoms with Gasteiger partial charge >= 0.3 is 6.61 Å². The summed E-state index contributed by atoms with van der Waals surface area (Å²) in [5.41, 5.74) is 4.93. The number of nitrogens with two attached hydrogens (primary N) is 1. The number of hydrogen-bond donors (Lipinski definition) is 2. The van der Waals surface area contributed by atoms with E-state index in [9.17, 15) is 27.6 Å². The molecule has 0 aromatic heterocycles. The molecule has 1 fully saturated rings. The number of anilines is 1. The molecule has 2 aromatic rings. The van der Waals surface area contributed by atoms with Crippen LogP contribution in [0.4, 0.5) is 18.9 Å². The number of rotatable bonds is 6. The number of nitrogens with one attached hydrogen (secondary N) is 1. The van der Waals surface area contributed by atoms with E-state index in [1.165, 1.54) is 35.2 Å². The fraction of sp³-hybridized carbons (Fsp3) is 0.286. The van der Waals surface area contributed by atoms with Crippen molar-refractivity contribution in [2.45, 2.75) is 19.5 Å². The number of alkyl halides is 2. The molecule has 3 rings (SSSR count). The third kappa shape index (κ3) is 5.33. The summed E-state index contributed by atoms with van der Waals surface area (Å²) in [5.74, 6) is -3.53. The van der Waals surface area contributed by atoms with E-state index in [0.717, 1.165) is 12.1 Å². The molecule has 0 aliphatic carbocycles. The molecule has 31 heavy (non-hydrogen) atoms. The molecule has 0 spiro atoms. The minimum Gasteiger partial charge on any atom is -0.434 e. The van der Waals surface area contributed by atoms with Gasteiger partial charge in [0, 0.05) is 18.8 Å². The van der Waals surface area contributed by atoms with Crippen LogP contribution in [-0.4, -0.2) is 42.3 Å². The fourth-order valence-electron chi connectivity index (χ4n) is 3.42. The van der Waals surface area contributed by atoms with Gasteiger partial charge in [0.25, 0.3) is 11.8 Å². The molecule has 1 atom stereocenters. The molecule has 2 aromatic carbocycles. The first kappa shape index (κ1) is 22.1. The molecule has 1 aliphatic rings. The van der Waals surface area contributed by atoms with Gasteiger partial charge in [-0.1, -0.05) is 12.1 Å². The van der Waals surface area contributed by atoms with Gasteiger partial charge in [-0.05, 0) is 43.2 Å². The number of carbonyl (C=O) groups excluding carboxylic acids is 3. The summed E-state index contributed by atoms with van der Waals surface area (Å²) in [4.78, 5) is 38.2. The minimum atomic E-state index is -3.07. The van der Waals surface area contributed by atoms with E-state index in [1.54, 1.807) is 0 Å². The average molecular weight is 435 g/mol. The Morgan fingerprint density at radius 1 is 1.13 bits per heavy atom. The number of ether oxygens (including phenoxy) is 1. The predicted octanol–water partition coefficient (Wildman–Crippen LogP) is 3.02. The lowest BCUT2D eigenvalue weighted by Crippen LogP contribution is -2.43. The van der Waals surface area contributed by atoms with Crippen LogP contribution in [0, 0.1) is 11.7 Å². The van der Waals surface area contributed by atoms with Gasteiger partial charge in [0.15, 0.2) is 0 Å². The van der Waals surface area contributed by atoms with Crippen LogP contribution in [-0.2, 0) is 4.79 Å². The van der Waals surface area contributed by atoms with Crippen molar-refractivity contribution in [2.75, 3.05) is 18.4 Å². The Kier molecular flexibility index (Phi) is 6.78. The summed E-state index contributed by atoms with van der Waals surface area (Å²) in [5, 5.41) is 2.60. The van der Waals surface area contributed by atoms with Crippen molar-refractivity contribution in [1.82, 2.24) is 4.90 Å². The lowest BCUT2D eigenvalue weighted by Gasteiger charge is -2.32. The fourth-order valence-corrected chi connectivity index (χ4v) is 3.42. The number of benzene rings is 2. The monoisotopic (exact) mass is 435 g/mol. The van der Waals surface area contributed by atoms with E-state index >= 15 is 0 Å². The third-order valence-corrected chi connectivity index (χ3v) is 4.91. The number of halogens is 3. The Morgan fingerprint density at radius 2 is 1.87 bits per heavy atom. The van der Waals surface area contributed by atoms with Crippen molar-refractivity contribution in [1.29, 1.82) is 0 Å². The number of nitrogens with zero attached hydrogens (tertiary/aromatic N) is 1. The van der Waals surface area contributed by atoms with Crippen LogP contribution >= 0.6 is 0 Å². The quantitative estimate of drug-likeness (QED) is 0.728. The van der Waals surface area contributed by atoms with E-state index < -0.39 is 36.1 Å². The average Bonchev–Trinajstić information content (AvgIpc) is 2.74. The molecule has 0 bridgehead atoms. The molecule has 0 radical (unpaired) electrons. The third-order valence-electron chi connectivity index (χ3n) is 4.91. The summed E-state index contributed by atoms with van der Waals surface area (Å²) >= 11 is 0. The van der Waals surface area contributed by atoms with E-state index in [1.807, 2.05) is 0 Å². The molecule has 3 amide bonds. The summed E-state index contributed by atoms with van der Waals surface area (Å²) in [7, 11) is 0. The highest BCUT2D eigenvalue weighted by atomic mass is 19.3. The highest BCUT2D eigenvalue weighted by Crippen LogP contribution is 2.26. The number of piperidine rings is 1. The highest BCUT2D eigenvalue weighted by molar-refractivity contribution is 5.99. The van der Waals surface area contributed by atoms with Crippen LogP contribution in [0.3, 0.4) is 0 Å². The van der Waals surface area contributed by atoms with Crippen LogP contribution in [0.2, 0.25) is 0 Å². The smallest absolute Gasteiger partial charge is 0.387 e. The second-order valence-electron chi connectivity index (χ2n) is 7.01. The van der Waals surface area contributed by atoms with Crippen molar-refractivity contribution < 1.29 is 32.3 Å². The molecule has 10 heteroatoms. The zero-order valence-corrected chi connectivity index (χ0v) is 16.3. The highest BCUT2D eigenvalue weighted by Gasteiger charge is 2.30. The van der Waals surface area contributed by atoms with Gasteiger partial charge in [-0.2, -0.15) is 8.78 Å². The summed E-state index contributed by atoms with van der Waals surface area (Å²) < 4.78 is 43.3. The number of likely N-dealkylation sites (tertiary alicyclic amines) is 1. The normalized spacial score (nSPS) is 16.1. The van der Waals surface area contributed by atoms with Gasteiger partial charge in [-0.15, -0.1) is 0 Å². The minimum absolute atomic E-state index is 0.0199. The van der Waals surface area contributed by atoms with Crippen LogP contribution in [0.25, 0.3) is 0 Å². The van der Waals surface area contributed by atoms with Gasteiger partial charge < -0.3 is 20.7 Å². The first-order valence-electron chi connectivity index (χ1n) is 9.49. The molecule has 0 saturated carbocycles. The Morgan fingerprint density at radius 3 is 2.58 bits per heavy atom. The topological polar surface area (TPSA) is 102 Å². The largest absolute Gasteiger partial charge is 0.434 e. The van der Waals surface area contributed by atoms with Crippen LogP contribution in [0.5, 0.6) is 5.75 Å². The Labute approximate surface area is 176 Å². The van der Waals surface area contributed by atoms with Crippen molar-refractivity contribution >= 4 is 23.4 Å². The number of carbonyl (C=O) groups is 3. The number of hydrogen-bond acceptors (Lipinski definition) is 4. The van der Waals surface area contributed by atoms with Gasteiger partial charge in [-0.25, -0.2) is 4.39 Å². The maximum absolute atomic E-state index is 13.6. The molecule has 1 heterocycles. The molecule has 3 N–H and O–H groups in total. The van der Waals surface area contributed by atoms with E-state index in [0.29, 0.717) is 19.4 Å². The first-order chi connectivity index (χ1) is 14.8. The van der Waals surface area contributed by atoms with Gasteiger partial charge in [0.05, 0.1) is 17.0 Å². The molecule has 164 valence electrons. The number of amides is 3. The van der Waals surface area contributed by atoms with E-state index in [2.05, 4.69) is 10.1 Å². The molecular weight excluding hydrogens is 415 g/mol.